The highest BCUT2D eigenvalue weighted by molar-refractivity contribution is 5.11. The first-order valence-electron chi connectivity index (χ1n) is 9.05. The Bertz CT molecular complexity index is 395. The van der Waals surface area contributed by atoms with E-state index in [0.717, 1.165) is 23.8 Å². The number of nitrogens with two attached hydrogens (primary N) is 1. The van der Waals surface area contributed by atoms with Gasteiger partial charge in [-0.05, 0) is 86.5 Å². The van der Waals surface area contributed by atoms with Crippen LogP contribution < -0.4 is 11.1 Å². The predicted molar refractivity (Wildman–Crippen MR) is 83.4 cm³/mol. The van der Waals surface area contributed by atoms with Crippen LogP contribution in [0.15, 0.2) is 0 Å². The molecule has 0 radical (unpaired) electrons. The third-order valence-electron chi connectivity index (χ3n) is 8.23. The average Bonchev–Trinajstić information content (AvgIpc) is 2.74. The molecule has 114 valence electrons. The summed E-state index contributed by atoms with van der Waals surface area (Å²) in [4.78, 5) is 0. The van der Waals surface area contributed by atoms with E-state index in [-0.39, 0.29) is 0 Å². The van der Waals surface area contributed by atoms with E-state index in [1.165, 1.54) is 57.9 Å². The van der Waals surface area contributed by atoms with Crippen LogP contribution in [0, 0.1) is 28.6 Å². The molecular formula is C18H32N2. The molecule has 4 fully saturated rings. The Labute approximate surface area is 124 Å². The van der Waals surface area contributed by atoms with Crippen LogP contribution in [0.5, 0.6) is 0 Å². The fourth-order valence-corrected chi connectivity index (χ4v) is 6.94. The maximum atomic E-state index is 6.50. The summed E-state index contributed by atoms with van der Waals surface area (Å²) in [5.41, 5.74) is 7.54. The second-order valence-electron chi connectivity index (χ2n) is 8.80. The van der Waals surface area contributed by atoms with E-state index in [0.29, 0.717) is 16.9 Å². The molecule has 4 aliphatic rings. The van der Waals surface area contributed by atoms with Gasteiger partial charge in [0.05, 0.1) is 0 Å². The third kappa shape index (κ3) is 1.64. The van der Waals surface area contributed by atoms with E-state index in [2.05, 4.69) is 19.2 Å². The van der Waals surface area contributed by atoms with E-state index in [4.69, 9.17) is 5.73 Å². The quantitative estimate of drug-likeness (QED) is 0.712. The molecule has 7 unspecified atom stereocenters. The molecule has 3 aliphatic carbocycles. The fourth-order valence-electron chi connectivity index (χ4n) is 6.94. The lowest BCUT2D eigenvalue weighted by Crippen LogP contribution is -2.60. The zero-order valence-corrected chi connectivity index (χ0v) is 13.3. The molecule has 3 saturated carbocycles. The first kappa shape index (κ1) is 13.6. The molecule has 2 nitrogen and oxygen atoms in total. The van der Waals surface area contributed by atoms with Crippen molar-refractivity contribution in [2.45, 2.75) is 77.3 Å². The predicted octanol–water partition coefficient (Wildman–Crippen LogP) is 3.31. The molecule has 0 amide bonds. The normalized spacial score (nSPS) is 58.6. The average molecular weight is 276 g/mol. The topological polar surface area (TPSA) is 38.0 Å². The maximum Gasteiger partial charge on any atom is 0.0124 e. The summed E-state index contributed by atoms with van der Waals surface area (Å²) in [7, 11) is 0. The van der Waals surface area contributed by atoms with Crippen LogP contribution >= 0.6 is 0 Å². The molecule has 0 aromatic carbocycles. The Kier molecular flexibility index (Phi) is 3.03. The highest BCUT2D eigenvalue weighted by Gasteiger charge is 2.59. The Morgan fingerprint density at radius 2 is 1.70 bits per heavy atom. The van der Waals surface area contributed by atoms with Gasteiger partial charge in [-0.25, -0.2) is 0 Å². The SMILES string of the molecule is CC12CCC3C(CCC4NCCCC43C)C1CCC2N. The molecule has 1 heterocycles. The standard InChI is InChI=1S/C18H32N2/c1-17-10-8-14-12(13(17)5-6-15(17)19)4-7-16-18(14,2)9-3-11-20-16/h12-16,20H,3-11,19H2,1-2H3. The lowest BCUT2D eigenvalue weighted by Gasteiger charge is -2.60. The minimum atomic E-state index is 0.465. The molecule has 0 aromatic heterocycles. The van der Waals surface area contributed by atoms with Crippen LogP contribution in [-0.4, -0.2) is 18.6 Å². The van der Waals surface area contributed by atoms with Crippen molar-refractivity contribution in [2.75, 3.05) is 6.54 Å². The van der Waals surface area contributed by atoms with Crippen molar-refractivity contribution in [2.24, 2.45) is 34.3 Å². The van der Waals surface area contributed by atoms with E-state index in [1.807, 2.05) is 0 Å². The monoisotopic (exact) mass is 276 g/mol. The first-order valence-corrected chi connectivity index (χ1v) is 9.05. The Balaban J connectivity index is 1.64. The highest BCUT2D eigenvalue weighted by Crippen LogP contribution is 2.63. The van der Waals surface area contributed by atoms with Gasteiger partial charge in [0.15, 0.2) is 0 Å². The van der Waals surface area contributed by atoms with Gasteiger partial charge >= 0.3 is 0 Å². The summed E-state index contributed by atoms with van der Waals surface area (Å²) < 4.78 is 0. The highest BCUT2D eigenvalue weighted by atomic mass is 15.0. The number of rotatable bonds is 0. The van der Waals surface area contributed by atoms with E-state index in [1.54, 1.807) is 0 Å². The lowest BCUT2D eigenvalue weighted by atomic mass is 9.47. The summed E-state index contributed by atoms with van der Waals surface area (Å²) in [6, 6.07) is 1.28. The van der Waals surface area contributed by atoms with Gasteiger partial charge in [-0.15, -0.1) is 0 Å². The van der Waals surface area contributed by atoms with Gasteiger partial charge in [0.1, 0.15) is 0 Å². The van der Waals surface area contributed by atoms with Gasteiger partial charge in [-0.2, -0.15) is 0 Å². The number of hydrogen-bond donors (Lipinski definition) is 2. The van der Waals surface area contributed by atoms with Crippen LogP contribution in [0.3, 0.4) is 0 Å². The minimum absolute atomic E-state index is 0.465. The molecule has 7 atom stereocenters. The van der Waals surface area contributed by atoms with Crippen molar-refractivity contribution < 1.29 is 0 Å². The second-order valence-corrected chi connectivity index (χ2v) is 8.80. The van der Waals surface area contributed by atoms with Crippen LogP contribution in [-0.2, 0) is 0 Å². The summed E-state index contributed by atoms with van der Waals surface area (Å²) in [6.07, 6.45) is 11.3. The van der Waals surface area contributed by atoms with Crippen molar-refractivity contribution in [3.8, 4) is 0 Å². The zero-order valence-electron chi connectivity index (χ0n) is 13.3. The molecule has 1 saturated heterocycles. The number of piperidine rings is 1. The molecule has 0 aromatic rings. The van der Waals surface area contributed by atoms with Crippen molar-refractivity contribution in [1.29, 1.82) is 0 Å². The summed E-state index contributed by atoms with van der Waals surface area (Å²) in [5, 5.41) is 3.85. The maximum absolute atomic E-state index is 6.50. The first-order chi connectivity index (χ1) is 9.56. The van der Waals surface area contributed by atoms with Gasteiger partial charge in [-0.3, -0.25) is 0 Å². The lowest BCUT2D eigenvalue weighted by molar-refractivity contribution is -0.0874. The number of hydrogen-bond acceptors (Lipinski definition) is 2. The second kappa shape index (κ2) is 4.46. The van der Waals surface area contributed by atoms with Crippen molar-refractivity contribution >= 4 is 0 Å². The molecule has 2 heteroatoms. The number of nitrogens with one attached hydrogen (secondary N) is 1. The van der Waals surface area contributed by atoms with Gasteiger partial charge in [0.25, 0.3) is 0 Å². The third-order valence-corrected chi connectivity index (χ3v) is 8.23. The summed E-state index contributed by atoms with van der Waals surface area (Å²) >= 11 is 0. The van der Waals surface area contributed by atoms with E-state index in [9.17, 15) is 0 Å². The van der Waals surface area contributed by atoms with Crippen LogP contribution in [0.2, 0.25) is 0 Å². The summed E-state index contributed by atoms with van der Waals surface area (Å²) in [5.74, 6) is 2.87. The van der Waals surface area contributed by atoms with Crippen LogP contribution in [0.1, 0.15) is 65.2 Å². The van der Waals surface area contributed by atoms with Crippen LogP contribution in [0.4, 0.5) is 0 Å². The molecule has 0 bridgehead atoms. The van der Waals surface area contributed by atoms with Gasteiger partial charge < -0.3 is 11.1 Å². The van der Waals surface area contributed by atoms with Crippen molar-refractivity contribution in [3.63, 3.8) is 0 Å². The van der Waals surface area contributed by atoms with Crippen molar-refractivity contribution in [1.82, 2.24) is 5.32 Å². The summed E-state index contributed by atoms with van der Waals surface area (Å²) in [6.45, 7) is 6.38. The largest absolute Gasteiger partial charge is 0.327 e. The molecule has 4 rings (SSSR count). The Hall–Kier alpha value is -0.0800. The minimum Gasteiger partial charge on any atom is -0.327 e. The fraction of sp³-hybridized carbons (Fsp3) is 1.00. The Morgan fingerprint density at radius 1 is 0.900 bits per heavy atom. The molecule has 3 N–H and O–H groups in total. The van der Waals surface area contributed by atoms with Gasteiger partial charge in [0, 0.05) is 12.1 Å². The van der Waals surface area contributed by atoms with Crippen LogP contribution in [0.25, 0.3) is 0 Å². The zero-order chi connectivity index (χ0) is 14.0. The van der Waals surface area contributed by atoms with Gasteiger partial charge in [0.2, 0.25) is 0 Å². The molecule has 1 aliphatic heterocycles. The number of fused-ring (bicyclic) bond motifs is 5. The molecule has 20 heavy (non-hydrogen) atoms. The molecular weight excluding hydrogens is 244 g/mol. The Morgan fingerprint density at radius 3 is 2.55 bits per heavy atom. The van der Waals surface area contributed by atoms with E-state index >= 15 is 0 Å². The molecule has 0 spiro atoms. The van der Waals surface area contributed by atoms with Crippen molar-refractivity contribution in [3.05, 3.63) is 0 Å². The van der Waals surface area contributed by atoms with Gasteiger partial charge in [-0.1, -0.05) is 13.8 Å². The van der Waals surface area contributed by atoms with E-state index < -0.39 is 0 Å². The smallest absolute Gasteiger partial charge is 0.0124 e.